The number of hydrogen-bond donors (Lipinski definition) is 2. The van der Waals surface area contributed by atoms with Gasteiger partial charge in [-0.1, -0.05) is 0 Å². The molecule has 0 aromatic carbocycles. The Hall–Kier alpha value is -2.20. The minimum absolute atomic E-state index is 0.252. The van der Waals surface area contributed by atoms with E-state index in [2.05, 4.69) is 14.2 Å². The Kier molecular flexibility index (Phi) is 9.75. The van der Waals surface area contributed by atoms with E-state index in [1.807, 2.05) is 0 Å². The molecule has 11 heteroatoms. The van der Waals surface area contributed by atoms with Gasteiger partial charge in [0.25, 0.3) is 0 Å². The SMILES string of the molecule is CC(COC(=O)O)OC(=O)O.CCOC(=O)C(F)(F)F. The quantitative estimate of drug-likeness (QED) is 0.596. The number of hydrogen-bond acceptors (Lipinski definition) is 6. The van der Waals surface area contributed by atoms with Crippen LogP contribution in [0.2, 0.25) is 0 Å². The molecule has 0 heterocycles. The fraction of sp³-hybridized carbons (Fsp3) is 0.667. The van der Waals surface area contributed by atoms with Crippen LogP contribution in [-0.4, -0.2) is 54.0 Å². The van der Waals surface area contributed by atoms with Gasteiger partial charge in [0.2, 0.25) is 0 Å². The normalized spacial score (nSPS) is 11.4. The second-order valence-corrected chi connectivity index (χ2v) is 2.99. The largest absolute Gasteiger partial charge is 0.506 e. The summed E-state index contributed by atoms with van der Waals surface area (Å²) in [7, 11) is 0. The van der Waals surface area contributed by atoms with E-state index in [4.69, 9.17) is 10.2 Å². The van der Waals surface area contributed by atoms with Crippen LogP contribution < -0.4 is 0 Å². The molecule has 0 radical (unpaired) electrons. The maximum absolute atomic E-state index is 11.2. The minimum atomic E-state index is -4.85. The van der Waals surface area contributed by atoms with E-state index >= 15 is 0 Å². The lowest BCUT2D eigenvalue weighted by Gasteiger charge is -2.08. The Morgan fingerprint density at radius 3 is 1.85 bits per heavy atom. The molecule has 0 saturated heterocycles. The van der Waals surface area contributed by atoms with Gasteiger partial charge in [0.1, 0.15) is 12.7 Å². The van der Waals surface area contributed by atoms with Crippen LogP contribution in [0.15, 0.2) is 0 Å². The Balaban J connectivity index is 0. The first kappa shape index (κ1) is 20.1. The van der Waals surface area contributed by atoms with Crippen LogP contribution in [0, 0.1) is 0 Å². The summed E-state index contributed by atoms with van der Waals surface area (Å²) in [5.41, 5.74) is 0. The average Bonchev–Trinajstić information content (AvgIpc) is 2.25. The highest BCUT2D eigenvalue weighted by atomic mass is 19.4. The Morgan fingerprint density at radius 2 is 1.60 bits per heavy atom. The van der Waals surface area contributed by atoms with Crippen molar-refractivity contribution in [2.24, 2.45) is 0 Å². The molecule has 8 nitrogen and oxygen atoms in total. The number of carbonyl (C=O) groups is 3. The molecular formula is C9H13F3O8. The Labute approximate surface area is 111 Å². The van der Waals surface area contributed by atoms with Crippen molar-refractivity contribution >= 4 is 18.3 Å². The van der Waals surface area contributed by atoms with Gasteiger partial charge >= 0.3 is 24.5 Å². The zero-order chi connectivity index (χ0) is 16.3. The van der Waals surface area contributed by atoms with Crippen molar-refractivity contribution in [3.05, 3.63) is 0 Å². The van der Waals surface area contributed by atoms with E-state index in [1.165, 1.54) is 13.8 Å². The van der Waals surface area contributed by atoms with Crippen LogP contribution in [0.1, 0.15) is 13.8 Å². The zero-order valence-electron chi connectivity index (χ0n) is 10.5. The highest BCUT2D eigenvalue weighted by molar-refractivity contribution is 5.75. The average molecular weight is 306 g/mol. The molecule has 0 aliphatic carbocycles. The first-order chi connectivity index (χ1) is 9.00. The molecule has 20 heavy (non-hydrogen) atoms. The van der Waals surface area contributed by atoms with Crippen molar-refractivity contribution in [2.75, 3.05) is 13.2 Å². The summed E-state index contributed by atoms with van der Waals surface area (Å²) >= 11 is 0. The lowest BCUT2D eigenvalue weighted by Crippen LogP contribution is -2.25. The van der Waals surface area contributed by atoms with Crippen LogP contribution in [0.5, 0.6) is 0 Å². The van der Waals surface area contributed by atoms with E-state index < -0.39 is 30.6 Å². The van der Waals surface area contributed by atoms with Gasteiger partial charge in [-0.25, -0.2) is 14.4 Å². The number of esters is 1. The van der Waals surface area contributed by atoms with Crippen LogP contribution in [0.3, 0.4) is 0 Å². The smallest absolute Gasteiger partial charge is 0.459 e. The van der Waals surface area contributed by atoms with Crippen LogP contribution >= 0.6 is 0 Å². The van der Waals surface area contributed by atoms with Gasteiger partial charge in [-0.3, -0.25) is 0 Å². The summed E-state index contributed by atoms with van der Waals surface area (Å²) in [5, 5.41) is 16.0. The zero-order valence-corrected chi connectivity index (χ0v) is 10.5. The fourth-order valence-corrected chi connectivity index (χ4v) is 0.608. The summed E-state index contributed by atoms with van der Waals surface area (Å²) in [6.45, 7) is 2.15. The maximum atomic E-state index is 11.2. The lowest BCUT2D eigenvalue weighted by atomic mass is 10.4. The third-order valence-electron chi connectivity index (χ3n) is 1.25. The van der Waals surface area contributed by atoms with Crippen molar-refractivity contribution < 1.29 is 52.0 Å². The molecule has 0 spiro atoms. The Bertz CT molecular complexity index is 328. The van der Waals surface area contributed by atoms with Crippen LogP contribution in [0.4, 0.5) is 22.8 Å². The number of halogens is 3. The number of ether oxygens (including phenoxy) is 3. The summed E-state index contributed by atoms with van der Waals surface area (Å²) in [6, 6.07) is 0. The third-order valence-corrected chi connectivity index (χ3v) is 1.25. The third kappa shape index (κ3) is 13.9. The predicted molar refractivity (Wildman–Crippen MR) is 55.2 cm³/mol. The van der Waals surface area contributed by atoms with Gasteiger partial charge in [-0.15, -0.1) is 0 Å². The van der Waals surface area contributed by atoms with Gasteiger partial charge in [0.15, 0.2) is 0 Å². The summed E-state index contributed by atoms with van der Waals surface area (Å²) in [4.78, 5) is 29.3. The summed E-state index contributed by atoms with van der Waals surface area (Å²) in [5.74, 6) is -2.13. The molecule has 1 unspecified atom stereocenters. The van der Waals surface area contributed by atoms with Crippen LogP contribution in [-0.2, 0) is 19.0 Å². The first-order valence-electron chi connectivity index (χ1n) is 4.99. The molecule has 0 aromatic heterocycles. The molecule has 0 aromatic rings. The monoisotopic (exact) mass is 306 g/mol. The molecule has 0 aliphatic rings. The molecule has 0 rings (SSSR count). The highest BCUT2D eigenvalue weighted by Gasteiger charge is 2.40. The molecule has 1 atom stereocenters. The fourth-order valence-electron chi connectivity index (χ4n) is 0.608. The number of carbonyl (C=O) groups excluding carboxylic acids is 1. The minimum Gasteiger partial charge on any atom is -0.459 e. The molecular weight excluding hydrogens is 293 g/mol. The Morgan fingerprint density at radius 1 is 1.10 bits per heavy atom. The van der Waals surface area contributed by atoms with E-state index in [-0.39, 0.29) is 13.2 Å². The predicted octanol–water partition coefficient (Wildman–Crippen LogP) is 1.88. The topological polar surface area (TPSA) is 119 Å². The van der Waals surface area contributed by atoms with Gasteiger partial charge in [-0.2, -0.15) is 13.2 Å². The number of rotatable bonds is 4. The molecule has 0 aliphatic heterocycles. The van der Waals surface area contributed by atoms with Gasteiger partial charge in [0.05, 0.1) is 6.61 Å². The maximum Gasteiger partial charge on any atom is 0.506 e. The van der Waals surface area contributed by atoms with Crippen molar-refractivity contribution in [3.8, 4) is 0 Å². The second-order valence-electron chi connectivity index (χ2n) is 2.99. The molecule has 0 amide bonds. The van der Waals surface area contributed by atoms with Gasteiger partial charge in [0, 0.05) is 0 Å². The van der Waals surface area contributed by atoms with Crippen molar-refractivity contribution in [2.45, 2.75) is 26.1 Å². The van der Waals surface area contributed by atoms with Gasteiger partial charge < -0.3 is 24.4 Å². The number of carboxylic acid groups (broad SMARTS) is 2. The molecule has 2 N–H and O–H groups in total. The van der Waals surface area contributed by atoms with Crippen molar-refractivity contribution in [1.29, 1.82) is 0 Å². The standard InChI is InChI=1S/C5H8O6.C4H5F3O2/c1-3(11-5(8)9)2-10-4(6)7;1-2-9-3(8)4(5,6)7/h3H,2H2,1H3,(H,6,7)(H,8,9);2H2,1H3. The first-order valence-corrected chi connectivity index (χ1v) is 4.99. The molecule has 0 saturated carbocycles. The number of alkyl halides is 3. The summed E-state index contributed by atoms with van der Waals surface area (Å²) < 4.78 is 45.3. The lowest BCUT2D eigenvalue weighted by molar-refractivity contribution is -0.199. The van der Waals surface area contributed by atoms with E-state index in [1.54, 1.807) is 0 Å². The van der Waals surface area contributed by atoms with E-state index in [0.717, 1.165) is 0 Å². The van der Waals surface area contributed by atoms with E-state index in [0.29, 0.717) is 0 Å². The second kappa shape index (κ2) is 9.69. The van der Waals surface area contributed by atoms with Crippen molar-refractivity contribution in [1.82, 2.24) is 0 Å². The van der Waals surface area contributed by atoms with E-state index in [9.17, 15) is 27.6 Å². The molecule has 118 valence electrons. The summed E-state index contributed by atoms with van der Waals surface area (Å²) in [6.07, 6.45) is -8.53. The van der Waals surface area contributed by atoms with Crippen molar-refractivity contribution in [3.63, 3.8) is 0 Å². The van der Waals surface area contributed by atoms with Gasteiger partial charge in [-0.05, 0) is 13.8 Å². The molecule has 0 bridgehead atoms. The van der Waals surface area contributed by atoms with Crippen LogP contribution in [0.25, 0.3) is 0 Å². The highest BCUT2D eigenvalue weighted by Crippen LogP contribution is 2.15. The molecule has 0 fully saturated rings.